The Morgan fingerprint density at radius 3 is 2.49 bits per heavy atom. The van der Waals surface area contributed by atoms with Crippen molar-refractivity contribution in [3.8, 4) is 0 Å². The molecule has 3 N–H and O–H groups in total. The fraction of sp³-hybridized carbons (Fsp3) is 0.656. The van der Waals surface area contributed by atoms with Gasteiger partial charge in [-0.15, -0.1) is 0 Å². The van der Waals surface area contributed by atoms with Crippen molar-refractivity contribution in [3.63, 3.8) is 0 Å². The number of anilines is 1. The Labute approximate surface area is 239 Å². The second-order valence-electron chi connectivity index (χ2n) is 14.1. The first-order chi connectivity index (χ1) is 19.8. The molecule has 3 amide bonds. The van der Waals surface area contributed by atoms with Crippen molar-refractivity contribution in [1.29, 1.82) is 0 Å². The molecule has 1 spiro atoms. The molecule has 1 aromatic carbocycles. The minimum atomic E-state index is -0.744. The molecule has 5 aliphatic carbocycles. The van der Waals surface area contributed by atoms with Crippen LogP contribution < -0.4 is 21.5 Å². The Kier molecular flexibility index (Phi) is 5.52. The summed E-state index contributed by atoms with van der Waals surface area (Å²) in [5.74, 6) is 3.23. The number of rotatable bonds is 6. The lowest BCUT2D eigenvalue weighted by atomic mass is 9.38. The maximum Gasteiger partial charge on any atom is 0.264 e. The summed E-state index contributed by atoms with van der Waals surface area (Å²) in [5.41, 5.74) is 1.75. The third-order valence-electron chi connectivity index (χ3n) is 12.2. The van der Waals surface area contributed by atoms with Crippen molar-refractivity contribution < 1.29 is 14.4 Å². The summed E-state index contributed by atoms with van der Waals surface area (Å²) in [5, 5.41) is 9.93. The lowest BCUT2D eigenvalue weighted by molar-refractivity contribution is -0.176. The van der Waals surface area contributed by atoms with Crippen LogP contribution in [0, 0.1) is 41.9 Å². The van der Waals surface area contributed by atoms with E-state index in [-0.39, 0.29) is 41.7 Å². The molecule has 5 saturated carbocycles. The number of imide groups is 1. The quantitative estimate of drug-likeness (QED) is 0.467. The standard InChI is InChI=1S/C32H39N5O4/c1-17-34-24-4-2-3-23(27(24)30(41)37(17)25-9-10-26(38)35-29(25)40)33-15-18-5-7-19(8-6-18)28(39)36-31-13-21-11-20-12-22(14-31)32(20,21)16-31/h2-4,18-22,25,33H,5-16H2,1H3,(H,36,39)(H,35,38,40). The molecule has 8 rings (SSSR count). The molecule has 1 saturated heterocycles. The Balaban J connectivity index is 0.920. The van der Waals surface area contributed by atoms with Gasteiger partial charge in [0.2, 0.25) is 17.7 Å². The second-order valence-corrected chi connectivity index (χ2v) is 14.1. The SMILES string of the molecule is Cc1nc2cccc(NCC3CCC(C(=O)NC45CC6CC7CC(C4)C76C5)CC3)c2c(=O)n1C1CCC(=O)NC1=O. The monoisotopic (exact) mass is 557 g/mol. The van der Waals surface area contributed by atoms with Gasteiger partial charge in [0.25, 0.3) is 5.56 Å². The zero-order chi connectivity index (χ0) is 28.1. The first-order valence-electron chi connectivity index (χ1n) is 15.7. The number of nitrogens with zero attached hydrogens (tertiary/aromatic N) is 2. The van der Waals surface area contributed by atoms with Crippen LogP contribution in [0.1, 0.15) is 82.5 Å². The molecule has 6 fully saturated rings. The molecule has 9 heteroatoms. The number of carbonyl (C=O) groups excluding carboxylic acids is 3. The van der Waals surface area contributed by atoms with Crippen molar-refractivity contribution in [1.82, 2.24) is 20.2 Å². The predicted octanol–water partition coefficient (Wildman–Crippen LogP) is 3.60. The summed E-state index contributed by atoms with van der Waals surface area (Å²) < 4.78 is 1.43. The van der Waals surface area contributed by atoms with Gasteiger partial charge in [-0.25, -0.2) is 4.98 Å². The number of piperidine rings is 1. The number of benzene rings is 1. The maximum absolute atomic E-state index is 13.7. The fourth-order valence-corrected chi connectivity index (χ4v) is 10.3. The third-order valence-corrected chi connectivity index (χ3v) is 12.2. The van der Waals surface area contributed by atoms with Crippen LogP contribution in [0.3, 0.4) is 0 Å². The van der Waals surface area contributed by atoms with Gasteiger partial charge in [-0.1, -0.05) is 6.07 Å². The van der Waals surface area contributed by atoms with Crippen molar-refractivity contribution >= 4 is 34.3 Å². The molecule has 216 valence electrons. The number of hydrogen-bond acceptors (Lipinski definition) is 6. The van der Waals surface area contributed by atoms with Crippen molar-refractivity contribution in [2.24, 2.45) is 35.0 Å². The Hall–Kier alpha value is -3.23. The number of aryl methyl sites for hydroxylation is 1. The van der Waals surface area contributed by atoms with Crippen LogP contribution in [0.4, 0.5) is 5.69 Å². The normalized spacial score (nSPS) is 38.6. The number of amides is 3. The van der Waals surface area contributed by atoms with Gasteiger partial charge in [0, 0.05) is 30.1 Å². The highest BCUT2D eigenvalue weighted by Crippen LogP contribution is 2.82. The van der Waals surface area contributed by atoms with Gasteiger partial charge in [0.1, 0.15) is 11.9 Å². The highest BCUT2D eigenvalue weighted by molar-refractivity contribution is 5.99. The van der Waals surface area contributed by atoms with Gasteiger partial charge in [-0.05, 0) is 112 Å². The zero-order valence-electron chi connectivity index (χ0n) is 23.7. The van der Waals surface area contributed by atoms with Crippen molar-refractivity contribution in [2.45, 2.75) is 89.1 Å². The summed E-state index contributed by atoms with van der Waals surface area (Å²) in [6, 6.07) is 4.85. The molecule has 1 aliphatic heterocycles. The minimum Gasteiger partial charge on any atom is -0.384 e. The van der Waals surface area contributed by atoms with Crippen LogP contribution in [0.2, 0.25) is 0 Å². The highest BCUT2D eigenvalue weighted by atomic mass is 16.2. The van der Waals surface area contributed by atoms with Gasteiger partial charge in [-0.2, -0.15) is 0 Å². The van der Waals surface area contributed by atoms with E-state index >= 15 is 0 Å². The Morgan fingerprint density at radius 1 is 1.05 bits per heavy atom. The molecular formula is C32H39N5O4. The van der Waals surface area contributed by atoms with E-state index in [1.54, 1.807) is 6.92 Å². The predicted molar refractivity (Wildman–Crippen MR) is 153 cm³/mol. The van der Waals surface area contributed by atoms with Crippen LogP contribution in [-0.2, 0) is 14.4 Å². The van der Waals surface area contributed by atoms with E-state index in [9.17, 15) is 19.2 Å². The van der Waals surface area contributed by atoms with Crippen LogP contribution >= 0.6 is 0 Å². The molecule has 3 atom stereocenters. The molecule has 3 unspecified atom stereocenters. The van der Waals surface area contributed by atoms with Gasteiger partial charge < -0.3 is 10.6 Å². The van der Waals surface area contributed by atoms with E-state index in [2.05, 4.69) is 20.9 Å². The molecule has 1 aromatic heterocycles. The molecule has 9 nitrogen and oxygen atoms in total. The first-order valence-corrected chi connectivity index (χ1v) is 15.7. The average molecular weight is 558 g/mol. The van der Waals surface area contributed by atoms with Gasteiger partial charge in [0.15, 0.2) is 0 Å². The first kappa shape index (κ1) is 25.5. The molecule has 0 radical (unpaired) electrons. The molecule has 6 aliphatic rings. The van der Waals surface area contributed by atoms with Crippen LogP contribution in [-0.4, -0.2) is 39.4 Å². The van der Waals surface area contributed by atoms with Gasteiger partial charge in [-0.3, -0.25) is 29.1 Å². The smallest absolute Gasteiger partial charge is 0.264 e. The highest BCUT2D eigenvalue weighted by Gasteiger charge is 2.77. The van der Waals surface area contributed by atoms with E-state index in [1.165, 1.54) is 36.7 Å². The van der Waals surface area contributed by atoms with E-state index in [0.29, 0.717) is 33.7 Å². The number of aromatic nitrogens is 2. The molecule has 41 heavy (non-hydrogen) atoms. The molecular weight excluding hydrogens is 518 g/mol. The number of fused-ring (bicyclic) bond motifs is 2. The maximum atomic E-state index is 13.7. The minimum absolute atomic E-state index is 0.0948. The average Bonchev–Trinajstić information content (AvgIpc) is 3.40. The summed E-state index contributed by atoms with van der Waals surface area (Å²) >= 11 is 0. The van der Waals surface area contributed by atoms with E-state index in [4.69, 9.17) is 0 Å². The van der Waals surface area contributed by atoms with Crippen molar-refractivity contribution in [2.75, 3.05) is 11.9 Å². The van der Waals surface area contributed by atoms with E-state index in [1.807, 2.05) is 18.2 Å². The van der Waals surface area contributed by atoms with E-state index in [0.717, 1.165) is 50.0 Å². The summed E-state index contributed by atoms with van der Waals surface area (Å²) in [7, 11) is 0. The topological polar surface area (TPSA) is 122 Å². The molecule has 2 heterocycles. The van der Waals surface area contributed by atoms with Crippen LogP contribution in [0.5, 0.6) is 0 Å². The van der Waals surface area contributed by atoms with Gasteiger partial charge in [0.05, 0.1) is 10.9 Å². The van der Waals surface area contributed by atoms with Crippen LogP contribution in [0.25, 0.3) is 10.9 Å². The van der Waals surface area contributed by atoms with Gasteiger partial charge >= 0.3 is 0 Å². The third kappa shape index (κ3) is 3.69. The molecule has 2 aromatic rings. The lowest BCUT2D eigenvalue weighted by Gasteiger charge is -2.66. The summed E-state index contributed by atoms with van der Waals surface area (Å²) in [4.78, 5) is 55.9. The molecule has 2 bridgehead atoms. The summed E-state index contributed by atoms with van der Waals surface area (Å²) in [6.07, 6.45) is 10.8. The largest absolute Gasteiger partial charge is 0.384 e. The van der Waals surface area contributed by atoms with Crippen LogP contribution in [0.15, 0.2) is 23.0 Å². The fourth-order valence-electron chi connectivity index (χ4n) is 10.3. The number of hydrogen-bond donors (Lipinski definition) is 3. The zero-order valence-corrected chi connectivity index (χ0v) is 23.7. The number of nitrogens with one attached hydrogen (secondary N) is 3. The Bertz CT molecular complexity index is 1520. The second kappa shape index (κ2) is 8.88. The Morgan fingerprint density at radius 2 is 1.80 bits per heavy atom. The summed E-state index contributed by atoms with van der Waals surface area (Å²) in [6.45, 7) is 2.44. The lowest BCUT2D eigenvalue weighted by Crippen LogP contribution is -2.60. The number of carbonyl (C=O) groups is 3. The van der Waals surface area contributed by atoms with E-state index < -0.39 is 11.9 Å². The van der Waals surface area contributed by atoms with Crippen molar-refractivity contribution in [3.05, 3.63) is 34.4 Å².